The van der Waals surface area contributed by atoms with Gasteiger partial charge >= 0.3 is 6.18 Å². The molecule has 0 N–H and O–H groups in total. The van der Waals surface area contributed by atoms with Gasteiger partial charge in [-0.05, 0) is 43.3 Å². The number of rotatable bonds is 2. The van der Waals surface area contributed by atoms with Gasteiger partial charge in [0.05, 0.1) is 11.6 Å². The monoisotopic (exact) mass is 349 g/mol. The molecule has 0 atom stereocenters. The zero-order chi connectivity index (χ0) is 17.8. The first-order chi connectivity index (χ1) is 11.8. The molecule has 0 bridgehead atoms. The van der Waals surface area contributed by atoms with Crippen molar-refractivity contribution >= 4 is 5.69 Å². The fourth-order valence-corrected chi connectivity index (χ4v) is 3.67. The molecule has 1 fully saturated rings. The lowest BCUT2D eigenvalue weighted by molar-refractivity contribution is -0.137. The molecule has 4 nitrogen and oxygen atoms in total. The minimum atomic E-state index is -4.51. The number of aromatic nitrogens is 1. The third-order valence-electron chi connectivity index (χ3n) is 5.01. The summed E-state index contributed by atoms with van der Waals surface area (Å²) in [6.07, 6.45) is -2.42. The Morgan fingerprint density at radius 3 is 2.52 bits per heavy atom. The third kappa shape index (κ3) is 2.82. The zero-order valence-corrected chi connectivity index (χ0v) is 13.8. The number of nitrogens with zero attached hydrogens (tertiary/aromatic N) is 3. The van der Waals surface area contributed by atoms with Gasteiger partial charge in [-0.1, -0.05) is 0 Å². The molecule has 1 saturated heterocycles. The lowest BCUT2D eigenvalue weighted by Gasteiger charge is -2.43. The number of alkyl halides is 3. The quantitative estimate of drug-likeness (QED) is 0.834. The highest BCUT2D eigenvalue weighted by Gasteiger charge is 2.33. The van der Waals surface area contributed by atoms with E-state index in [1.54, 1.807) is 6.07 Å². The van der Waals surface area contributed by atoms with E-state index in [0.717, 1.165) is 37.7 Å². The van der Waals surface area contributed by atoms with Crippen LogP contribution < -0.4 is 10.5 Å². The Bertz CT molecular complexity index is 869. The van der Waals surface area contributed by atoms with E-state index in [0.29, 0.717) is 17.8 Å². The molecule has 2 aromatic rings. The molecule has 0 radical (unpaired) electrons. The van der Waals surface area contributed by atoms with Crippen molar-refractivity contribution in [1.29, 1.82) is 0 Å². The predicted molar refractivity (Wildman–Crippen MR) is 89.4 cm³/mol. The van der Waals surface area contributed by atoms with E-state index < -0.39 is 17.3 Å². The lowest BCUT2D eigenvalue weighted by atomic mass is 10.1. The van der Waals surface area contributed by atoms with Gasteiger partial charge in [0, 0.05) is 43.3 Å². The fourth-order valence-electron chi connectivity index (χ4n) is 3.67. The standard InChI is InChI=1S/C18H18F3N3O/c1-22-10-15(11-22)23-6-4-12-8-14(2-3-16(12)23)24-7-5-13(9-17(24)25)18(19,20)21/h2-3,5,7-9,15H,4,6,10-11H2,1H3. The Kier molecular flexibility index (Phi) is 3.64. The third-order valence-corrected chi connectivity index (χ3v) is 5.01. The maximum Gasteiger partial charge on any atom is 0.416 e. The minimum Gasteiger partial charge on any atom is -0.365 e. The first-order valence-electron chi connectivity index (χ1n) is 8.21. The van der Waals surface area contributed by atoms with Crippen LogP contribution in [-0.4, -0.2) is 42.2 Å². The van der Waals surface area contributed by atoms with Crippen molar-refractivity contribution in [2.75, 3.05) is 31.6 Å². The summed E-state index contributed by atoms with van der Waals surface area (Å²) >= 11 is 0. The molecule has 0 aliphatic carbocycles. The summed E-state index contributed by atoms with van der Waals surface area (Å²) in [5.41, 5.74) is 1.31. The number of likely N-dealkylation sites (tertiary alicyclic amines) is 1. The predicted octanol–water partition coefficient (Wildman–Crippen LogP) is 2.53. The second kappa shape index (κ2) is 5.62. The lowest BCUT2D eigenvalue weighted by Crippen LogP contribution is -2.57. The van der Waals surface area contributed by atoms with Crippen LogP contribution in [0.15, 0.2) is 41.3 Å². The molecule has 132 valence electrons. The SMILES string of the molecule is CN1CC(N2CCc3cc(-n4ccc(C(F)(F)F)cc4=O)ccc32)C1. The molecule has 25 heavy (non-hydrogen) atoms. The highest BCUT2D eigenvalue weighted by atomic mass is 19.4. The number of hydrogen-bond acceptors (Lipinski definition) is 3. The van der Waals surface area contributed by atoms with Gasteiger partial charge in [0.2, 0.25) is 0 Å². The van der Waals surface area contributed by atoms with Gasteiger partial charge in [-0.2, -0.15) is 13.2 Å². The molecule has 2 aliphatic heterocycles. The Hall–Kier alpha value is -2.28. The van der Waals surface area contributed by atoms with Gasteiger partial charge < -0.3 is 9.80 Å². The number of pyridine rings is 1. The van der Waals surface area contributed by atoms with Crippen molar-refractivity contribution in [3.8, 4) is 5.69 Å². The average Bonchev–Trinajstić information content (AvgIpc) is 2.93. The van der Waals surface area contributed by atoms with Crippen molar-refractivity contribution < 1.29 is 13.2 Å². The van der Waals surface area contributed by atoms with Crippen LogP contribution in [0.5, 0.6) is 0 Å². The van der Waals surface area contributed by atoms with E-state index in [1.807, 2.05) is 12.1 Å². The Balaban J connectivity index is 1.64. The molecule has 4 rings (SSSR count). The van der Waals surface area contributed by atoms with Crippen LogP contribution in [0.1, 0.15) is 11.1 Å². The zero-order valence-electron chi connectivity index (χ0n) is 13.8. The molecule has 1 aromatic carbocycles. The molecule has 2 aliphatic rings. The molecule has 0 saturated carbocycles. The van der Waals surface area contributed by atoms with E-state index in [9.17, 15) is 18.0 Å². The Labute approximate surface area is 143 Å². The molecular weight excluding hydrogens is 331 g/mol. The second-order valence-electron chi connectivity index (χ2n) is 6.75. The van der Waals surface area contributed by atoms with Crippen molar-refractivity contribution in [3.05, 3.63) is 58.0 Å². The second-order valence-corrected chi connectivity index (χ2v) is 6.75. The maximum atomic E-state index is 12.7. The van der Waals surface area contributed by atoms with Gasteiger partial charge in [-0.25, -0.2) is 0 Å². The number of hydrogen-bond donors (Lipinski definition) is 0. The highest BCUT2D eigenvalue weighted by Crippen LogP contribution is 2.33. The van der Waals surface area contributed by atoms with E-state index in [-0.39, 0.29) is 0 Å². The van der Waals surface area contributed by atoms with Gasteiger partial charge in [0.25, 0.3) is 5.56 Å². The summed E-state index contributed by atoms with van der Waals surface area (Å²) in [6.45, 7) is 3.03. The summed E-state index contributed by atoms with van der Waals surface area (Å²) in [5, 5.41) is 0. The van der Waals surface area contributed by atoms with Crippen LogP contribution in [0.4, 0.5) is 18.9 Å². The van der Waals surface area contributed by atoms with Crippen LogP contribution in [0, 0.1) is 0 Å². The number of likely N-dealkylation sites (N-methyl/N-ethyl adjacent to an activating group) is 1. The average molecular weight is 349 g/mol. The van der Waals surface area contributed by atoms with Gasteiger partial charge in [0.1, 0.15) is 0 Å². The summed E-state index contributed by atoms with van der Waals surface area (Å²) in [7, 11) is 2.09. The fraction of sp³-hybridized carbons (Fsp3) is 0.389. The number of halogens is 3. The van der Waals surface area contributed by atoms with Crippen molar-refractivity contribution in [1.82, 2.24) is 9.47 Å². The van der Waals surface area contributed by atoms with E-state index >= 15 is 0 Å². The molecule has 7 heteroatoms. The number of anilines is 1. The number of benzene rings is 1. The summed E-state index contributed by atoms with van der Waals surface area (Å²) in [5.74, 6) is 0. The Morgan fingerprint density at radius 1 is 1.12 bits per heavy atom. The van der Waals surface area contributed by atoms with Crippen molar-refractivity contribution in [2.45, 2.75) is 18.6 Å². The summed E-state index contributed by atoms with van der Waals surface area (Å²) < 4.78 is 39.4. The minimum absolute atomic E-state index is 0.519. The van der Waals surface area contributed by atoms with Crippen molar-refractivity contribution in [3.63, 3.8) is 0 Å². The Morgan fingerprint density at radius 2 is 1.88 bits per heavy atom. The van der Waals surface area contributed by atoms with Gasteiger partial charge in [-0.15, -0.1) is 0 Å². The maximum absolute atomic E-state index is 12.7. The van der Waals surface area contributed by atoms with Crippen molar-refractivity contribution in [2.24, 2.45) is 0 Å². The molecule has 0 unspecified atom stereocenters. The van der Waals surface area contributed by atoms with Crippen LogP contribution in [-0.2, 0) is 12.6 Å². The van der Waals surface area contributed by atoms with Crippen LogP contribution in [0.3, 0.4) is 0 Å². The van der Waals surface area contributed by atoms with E-state index in [2.05, 4.69) is 16.8 Å². The molecule has 0 amide bonds. The normalized spacial score (nSPS) is 18.3. The van der Waals surface area contributed by atoms with Gasteiger partial charge in [-0.3, -0.25) is 9.36 Å². The van der Waals surface area contributed by atoms with Gasteiger partial charge in [0.15, 0.2) is 0 Å². The molecule has 0 spiro atoms. The highest BCUT2D eigenvalue weighted by molar-refractivity contribution is 5.62. The topological polar surface area (TPSA) is 28.5 Å². The largest absolute Gasteiger partial charge is 0.416 e. The van der Waals surface area contributed by atoms with E-state index in [4.69, 9.17) is 0 Å². The van der Waals surface area contributed by atoms with Crippen LogP contribution in [0.25, 0.3) is 5.69 Å². The smallest absolute Gasteiger partial charge is 0.365 e. The molecule has 3 heterocycles. The van der Waals surface area contributed by atoms with Crippen LogP contribution in [0.2, 0.25) is 0 Å². The number of fused-ring (bicyclic) bond motifs is 1. The summed E-state index contributed by atoms with van der Waals surface area (Å²) in [4.78, 5) is 16.7. The van der Waals surface area contributed by atoms with Crippen LogP contribution >= 0.6 is 0 Å². The van der Waals surface area contributed by atoms with E-state index in [1.165, 1.54) is 16.5 Å². The first-order valence-corrected chi connectivity index (χ1v) is 8.21. The first kappa shape index (κ1) is 16.2. The molecule has 1 aromatic heterocycles. The summed E-state index contributed by atoms with van der Waals surface area (Å²) in [6, 6.07) is 7.78. The molecular formula is C18H18F3N3O.